The van der Waals surface area contributed by atoms with Crippen LogP contribution in [0.15, 0.2) is 66.0 Å². The number of amides is 1. The molecule has 3 aromatic heterocycles. The molecule has 10 nitrogen and oxygen atoms in total. The number of nitrogens with zero attached hydrogens (tertiary/aromatic N) is 6. The fourth-order valence-corrected chi connectivity index (χ4v) is 5.78. The SMILES string of the molecule is NC(=NC=[NH2+])C(=O)N1[C@@H]2CC[C@H]1CC(c1cn3c(-c4ccc(-c5ccccc5)nc4)cnc3c(N)n1)C2. The van der Waals surface area contributed by atoms with Gasteiger partial charge in [0, 0.05) is 41.5 Å². The van der Waals surface area contributed by atoms with Crippen LogP contribution in [0.5, 0.6) is 0 Å². The number of aromatic nitrogens is 4. The number of carbonyl (C=O) groups is 1. The van der Waals surface area contributed by atoms with E-state index in [1.807, 2.05) is 64.2 Å². The summed E-state index contributed by atoms with van der Waals surface area (Å²) in [5, 5.41) is 5.32. The van der Waals surface area contributed by atoms with Crippen molar-refractivity contribution in [3.05, 3.63) is 66.7 Å². The van der Waals surface area contributed by atoms with Crippen LogP contribution >= 0.6 is 0 Å². The van der Waals surface area contributed by atoms with Gasteiger partial charge in [-0.3, -0.25) is 19.6 Å². The van der Waals surface area contributed by atoms with Crippen LogP contribution in [0.3, 0.4) is 0 Å². The second-order valence-corrected chi connectivity index (χ2v) is 9.62. The van der Waals surface area contributed by atoms with Crippen molar-refractivity contribution < 1.29 is 10.2 Å². The molecule has 6 N–H and O–H groups in total. The van der Waals surface area contributed by atoms with Crippen LogP contribution in [-0.2, 0) is 4.79 Å². The zero-order valence-electron chi connectivity index (χ0n) is 20.2. The Bertz CT molecular complexity index is 1500. The Kier molecular flexibility index (Phi) is 5.63. The Morgan fingerprint density at radius 2 is 1.78 bits per heavy atom. The molecule has 2 fully saturated rings. The summed E-state index contributed by atoms with van der Waals surface area (Å²) in [4.78, 5) is 32.4. The first-order valence-corrected chi connectivity index (χ1v) is 12.4. The molecule has 1 unspecified atom stereocenters. The molecule has 2 aliphatic rings. The number of fused-ring (bicyclic) bond motifs is 3. The van der Waals surface area contributed by atoms with E-state index in [1.165, 1.54) is 0 Å². The van der Waals surface area contributed by atoms with Crippen molar-refractivity contribution in [1.82, 2.24) is 24.3 Å². The molecule has 1 amide bonds. The number of pyridine rings is 1. The Balaban J connectivity index is 1.30. The summed E-state index contributed by atoms with van der Waals surface area (Å²) in [6.45, 7) is 0. The third-order valence-electron chi connectivity index (χ3n) is 7.48. The van der Waals surface area contributed by atoms with Crippen LogP contribution in [0.4, 0.5) is 5.82 Å². The molecule has 4 aromatic rings. The quantitative estimate of drug-likeness (QED) is 0.288. The maximum atomic E-state index is 12.8. The highest BCUT2D eigenvalue weighted by Gasteiger charge is 2.45. The molecule has 0 spiro atoms. The number of carbonyl (C=O) groups excluding carboxylic acids is 1. The maximum absolute atomic E-state index is 12.8. The van der Waals surface area contributed by atoms with E-state index < -0.39 is 0 Å². The summed E-state index contributed by atoms with van der Waals surface area (Å²) in [6, 6.07) is 14.3. The van der Waals surface area contributed by atoms with E-state index in [9.17, 15) is 4.79 Å². The van der Waals surface area contributed by atoms with E-state index in [4.69, 9.17) is 21.9 Å². The number of amidine groups is 1. The highest BCUT2D eigenvalue weighted by atomic mass is 16.2. The average molecular weight is 495 g/mol. The van der Waals surface area contributed by atoms with E-state index >= 15 is 0 Å². The van der Waals surface area contributed by atoms with E-state index in [0.717, 1.165) is 60.2 Å². The second kappa shape index (κ2) is 9.12. The van der Waals surface area contributed by atoms with Gasteiger partial charge in [0.2, 0.25) is 0 Å². The van der Waals surface area contributed by atoms with Gasteiger partial charge < -0.3 is 16.4 Å². The van der Waals surface area contributed by atoms with Gasteiger partial charge in [0.15, 0.2) is 11.5 Å². The molecule has 186 valence electrons. The van der Waals surface area contributed by atoms with Crippen molar-refractivity contribution in [1.29, 1.82) is 0 Å². The summed E-state index contributed by atoms with van der Waals surface area (Å²) >= 11 is 0. The number of hydrogen-bond donors (Lipinski definition) is 3. The zero-order valence-corrected chi connectivity index (χ0v) is 20.2. The highest BCUT2D eigenvalue weighted by Crippen LogP contribution is 2.43. The summed E-state index contributed by atoms with van der Waals surface area (Å²) < 4.78 is 2.00. The topological polar surface area (TPSA) is 153 Å². The Morgan fingerprint density at radius 3 is 2.46 bits per heavy atom. The van der Waals surface area contributed by atoms with E-state index in [1.54, 1.807) is 6.20 Å². The molecule has 3 atom stereocenters. The van der Waals surface area contributed by atoms with Crippen molar-refractivity contribution in [3.8, 4) is 22.5 Å². The smallest absolute Gasteiger partial charge is 0.316 e. The molecule has 2 bridgehead atoms. The average Bonchev–Trinajstić information content (AvgIpc) is 3.47. The summed E-state index contributed by atoms with van der Waals surface area (Å²) in [5.41, 5.74) is 17.5. The molecule has 1 aromatic carbocycles. The molecular weight excluding hydrogens is 466 g/mol. The highest BCUT2D eigenvalue weighted by molar-refractivity contribution is 6.38. The maximum Gasteiger partial charge on any atom is 0.316 e. The first-order chi connectivity index (χ1) is 18.0. The van der Waals surface area contributed by atoms with Crippen molar-refractivity contribution in [2.75, 3.05) is 5.73 Å². The molecule has 37 heavy (non-hydrogen) atoms. The number of nitrogens with two attached hydrogens (primary N) is 3. The number of imidazole rings is 1. The molecular formula is C27H28N9O+. The largest absolute Gasteiger partial charge is 0.381 e. The number of piperidine rings is 1. The summed E-state index contributed by atoms with van der Waals surface area (Å²) in [6.07, 6.45) is 10.2. The minimum atomic E-state index is -0.251. The minimum absolute atomic E-state index is 0.0726. The Labute approximate surface area is 213 Å². The van der Waals surface area contributed by atoms with Gasteiger partial charge >= 0.3 is 11.7 Å². The van der Waals surface area contributed by atoms with Gasteiger partial charge in [0.1, 0.15) is 0 Å². The van der Waals surface area contributed by atoms with Crippen LogP contribution in [0.1, 0.15) is 37.3 Å². The first kappa shape index (κ1) is 22.8. The zero-order chi connectivity index (χ0) is 25.5. The van der Waals surface area contributed by atoms with Gasteiger partial charge in [-0.1, -0.05) is 30.3 Å². The molecule has 0 radical (unpaired) electrons. The van der Waals surface area contributed by atoms with E-state index in [2.05, 4.69) is 15.0 Å². The lowest BCUT2D eigenvalue weighted by atomic mass is 9.88. The van der Waals surface area contributed by atoms with Crippen LogP contribution in [0.25, 0.3) is 28.2 Å². The fourth-order valence-electron chi connectivity index (χ4n) is 5.78. The van der Waals surface area contributed by atoms with Gasteiger partial charge in [-0.25, -0.2) is 9.97 Å². The lowest BCUT2D eigenvalue weighted by Gasteiger charge is -2.38. The third-order valence-corrected chi connectivity index (χ3v) is 7.48. The number of benzene rings is 1. The van der Waals surface area contributed by atoms with Gasteiger partial charge in [-0.2, -0.15) is 0 Å². The fraction of sp³-hybridized carbons (Fsp3) is 0.259. The molecule has 0 aliphatic carbocycles. The number of hydrogen-bond acceptors (Lipinski definition) is 5. The van der Waals surface area contributed by atoms with Crippen molar-refractivity contribution in [3.63, 3.8) is 0 Å². The Hall–Kier alpha value is -4.60. The number of rotatable bonds is 4. The van der Waals surface area contributed by atoms with Gasteiger partial charge in [0.05, 0.1) is 23.3 Å². The van der Waals surface area contributed by atoms with Crippen LogP contribution in [0, 0.1) is 0 Å². The number of anilines is 1. The van der Waals surface area contributed by atoms with Crippen molar-refractivity contribution >= 4 is 29.5 Å². The first-order valence-electron chi connectivity index (χ1n) is 12.4. The standard InChI is InChI=1S/C27H27N9O/c28-15-33-25(30)27(37)36-19-7-8-20(36)11-18(10-19)22-14-35-23(13-32-26(35)24(29)34-22)17-6-9-21(31-12-17)16-4-2-1-3-5-16/h1-6,9,12-15,18-20H,7-8,10-11H2,(H2,29,34)(H3,28,30,33)/p+1/t18?,19-,20+. The van der Waals surface area contributed by atoms with Crippen molar-refractivity contribution in [2.45, 2.75) is 43.7 Å². The predicted octanol–water partition coefficient (Wildman–Crippen LogP) is 1.42. The van der Waals surface area contributed by atoms with E-state index in [0.29, 0.717) is 11.5 Å². The summed E-state index contributed by atoms with van der Waals surface area (Å²) in [7, 11) is 0. The lowest BCUT2D eigenvalue weighted by molar-refractivity contribution is -0.128. The van der Waals surface area contributed by atoms with Gasteiger partial charge in [0.25, 0.3) is 6.34 Å². The monoisotopic (exact) mass is 494 g/mol. The number of aliphatic imine (C=N–C) groups is 1. The van der Waals surface area contributed by atoms with Crippen LogP contribution < -0.4 is 16.9 Å². The number of nitrogen functional groups attached to an aromatic ring is 1. The molecule has 0 saturated carbocycles. The molecule has 2 aliphatic heterocycles. The lowest BCUT2D eigenvalue weighted by Crippen LogP contribution is -2.51. The molecule has 5 heterocycles. The van der Waals surface area contributed by atoms with E-state index in [-0.39, 0.29) is 29.7 Å². The normalized spacial score (nSPS) is 21.4. The van der Waals surface area contributed by atoms with Gasteiger partial charge in [-0.05, 0) is 42.8 Å². The predicted molar refractivity (Wildman–Crippen MR) is 141 cm³/mol. The van der Waals surface area contributed by atoms with Crippen LogP contribution in [-0.4, -0.2) is 54.4 Å². The Morgan fingerprint density at radius 1 is 1.03 bits per heavy atom. The molecule has 10 heteroatoms. The third kappa shape index (κ3) is 4.00. The summed E-state index contributed by atoms with van der Waals surface area (Å²) in [5.74, 6) is 0.232. The minimum Gasteiger partial charge on any atom is -0.381 e. The molecule has 2 saturated heterocycles. The van der Waals surface area contributed by atoms with Crippen molar-refractivity contribution in [2.24, 2.45) is 10.7 Å². The van der Waals surface area contributed by atoms with Crippen LogP contribution in [0.2, 0.25) is 0 Å². The van der Waals surface area contributed by atoms with Gasteiger partial charge in [-0.15, -0.1) is 0 Å². The molecule has 6 rings (SSSR count). The second-order valence-electron chi connectivity index (χ2n) is 9.62.